The molecule has 1 heterocycles. The number of sulfonamides is 1. The molecule has 156 valence electrons. The monoisotopic (exact) mass is 421 g/mol. The molecule has 1 aliphatic rings. The summed E-state index contributed by atoms with van der Waals surface area (Å²) >= 11 is 0. The van der Waals surface area contributed by atoms with Crippen LogP contribution < -0.4 is 14.2 Å². The Morgan fingerprint density at radius 3 is 2.28 bits per heavy atom. The Morgan fingerprint density at radius 1 is 1.00 bits per heavy atom. The number of nitrogens with zero attached hydrogens (tertiary/aromatic N) is 1. The number of ether oxygens (including phenoxy) is 4. The van der Waals surface area contributed by atoms with E-state index >= 15 is 0 Å². The van der Waals surface area contributed by atoms with Gasteiger partial charge in [0.15, 0.2) is 23.9 Å². The van der Waals surface area contributed by atoms with Crippen molar-refractivity contribution in [1.29, 1.82) is 0 Å². The molecule has 1 aliphatic heterocycles. The fraction of sp³-hybridized carbons (Fsp3) is 0.350. The summed E-state index contributed by atoms with van der Waals surface area (Å²) in [5, 5.41) is 0. The van der Waals surface area contributed by atoms with Crippen molar-refractivity contribution in [1.82, 2.24) is 4.31 Å². The molecule has 0 atom stereocenters. The third kappa shape index (κ3) is 4.87. The molecule has 2 aromatic rings. The maximum absolute atomic E-state index is 12.6. The summed E-state index contributed by atoms with van der Waals surface area (Å²) in [7, 11) is -0.548. The first-order chi connectivity index (χ1) is 14.0. The van der Waals surface area contributed by atoms with Gasteiger partial charge in [0.2, 0.25) is 10.0 Å². The number of hydrogen-bond acceptors (Lipinski definition) is 7. The molecule has 2 aromatic carbocycles. The summed E-state index contributed by atoms with van der Waals surface area (Å²) < 4.78 is 47.7. The number of Topliss-reactive ketones (excluding diaryl/α,β-unsaturated/α-hetero) is 1. The van der Waals surface area contributed by atoms with Crippen LogP contribution in [0, 0.1) is 0 Å². The molecular formula is C20H23NO7S. The average molecular weight is 421 g/mol. The van der Waals surface area contributed by atoms with Gasteiger partial charge in [-0.15, -0.1) is 0 Å². The van der Waals surface area contributed by atoms with Gasteiger partial charge in [0.05, 0.1) is 32.3 Å². The molecule has 9 heteroatoms. The van der Waals surface area contributed by atoms with Gasteiger partial charge in [-0.3, -0.25) is 4.79 Å². The zero-order valence-corrected chi connectivity index (χ0v) is 17.1. The average Bonchev–Trinajstić information content (AvgIpc) is 2.77. The van der Waals surface area contributed by atoms with Crippen LogP contribution in [0.2, 0.25) is 0 Å². The summed E-state index contributed by atoms with van der Waals surface area (Å²) in [6.45, 7) is 1.25. The minimum Gasteiger partial charge on any atom is -0.493 e. The Bertz CT molecular complexity index is 951. The van der Waals surface area contributed by atoms with Crippen LogP contribution >= 0.6 is 0 Å². The number of hydrogen-bond donors (Lipinski definition) is 0. The third-order valence-electron chi connectivity index (χ3n) is 4.51. The SMILES string of the molecule is COc1ccc(C(=O)COc2ccc(S(=O)(=O)N3CCOCC3)cc2)cc1OC. The molecule has 1 saturated heterocycles. The largest absolute Gasteiger partial charge is 0.493 e. The van der Waals surface area contributed by atoms with E-state index in [2.05, 4.69) is 0 Å². The maximum Gasteiger partial charge on any atom is 0.243 e. The molecule has 0 saturated carbocycles. The van der Waals surface area contributed by atoms with E-state index in [9.17, 15) is 13.2 Å². The second-order valence-electron chi connectivity index (χ2n) is 6.27. The zero-order chi connectivity index (χ0) is 20.9. The molecule has 0 aliphatic carbocycles. The van der Waals surface area contributed by atoms with E-state index in [0.717, 1.165) is 0 Å². The summed E-state index contributed by atoms with van der Waals surface area (Å²) in [4.78, 5) is 12.6. The molecular weight excluding hydrogens is 398 g/mol. The van der Waals surface area contributed by atoms with E-state index in [0.29, 0.717) is 49.1 Å². The Hall–Kier alpha value is -2.62. The van der Waals surface area contributed by atoms with Crippen LogP contribution in [-0.4, -0.2) is 65.6 Å². The van der Waals surface area contributed by atoms with Crippen LogP contribution in [0.25, 0.3) is 0 Å². The summed E-state index contributed by atoms with van der Waals surface area (Å²) in [6, 6.07) is 10.9. The highest BCUT2D eigenvalue weighted by atomic mass is 32.2. The van der Waals surface area contributed by atoms with E-state index in [4.69, 9.17) is 18.9 Å². The standard InChI is InChI=1S/C20H23NO7S/c1-25-19-8-3-15(13-20(19)26-2)18(22)14-28-16-4-6-17(7-5-16)29(23,24)21-9-11-27-12-10-21/h3-8,13H,9-12,14H2,1-2H3. The fourth-order valence-corrected chi connectivity index (χ4v) is 4.29. The Morgan fingerprint density at radius 2 is 1.66 bits per heavy atom. The highest BCUT2D eigenvalue weighted by Gasteiger charge is 2.26. The molecule has 8 nitrogen and oxygen atoms in total. The van der Waals surface area contributed by atoms with Crippen molar-refractivity contribution in [2.24, 2.45) is 0 Å². The summed E-state index contributed by atoms with van der Waals surface area (Å²) in [5.74, 6) is 1.15. The van der Waals surface area contributed by atoms with Crippen LogP contribution in [-0.2, 0) is 14.8 Å². The molecule has 0 amide bonds. The van der Waals surface area contributed by atoms with Crippen molar-refractivity contribution in [3.8, 4) is 17.2 Å². The lowest BCUT2D eigenvalue weighted by molar-refractivity contribution is 0.0730. The Kier molecular flexibility index (Phi) is 6.73. The minimum absolute atomic E-state index is 0.179. The van der Waals surface area contributed by atoms with E-state index in [1.54, 1.807) is 18.2 Å². The van der Waals surface area contributed by atoms with Gasteiger partial charge >= 0.3 is 0 Å². The van der Waals surface area contributed by atoms with Gasteiger partial charge in [0.1, 0.15) is 5.75 Å². The molecule has 3 rings (SSSR count). The molecule has 0 aromatic heterocycles. The van der Waals surface area contributed by atoms with Crippen molar-refractivity contribution in [2.75, 3.05) is 47.1 Å². The number of ketones is 1. The van der Waals surface area contributed by atoms with E-state index in [1.807, 2.05) is 0 Å². The lowest BCUT2D eigenvalue weighted by Crippen LogP contribution is -2.40. The summed E-state index contributed by atoms with van der Waals surface area (Å²) in [6.07, 6.45) is 0. The van der Waals surface area contributed by atoms with E-state index in [-0.39, 0.29) is 17.3 Å². The quantitative estimate of drug-likeness (QED) is 0.602. The predicted octanol–water partition coefficient (Wildman–Crippen LogP) is 1.99. The van der Waals surface area contributed by atoms with Gasteiger partial charge < -0.3 is 18.9 Å². The van der Waals surface area contributed by atoms with E-state index in [1.165, 1.54) is 42.8 Å². The number of rotatable bonds is 8. The van der Waals surface area contributed by atoms with Crippen molar-refractivity contribution in [3.63, 3.8) is 0 Å². The van der Waals surface area contributed by atoms with Crippen LogP contribution in [0.5, 0.6) is 17.2 Å². The van der Waals surface area contributed by atoms with E-state index < -0.39 is 10.0 Å². The second-order valence-corrected chi connectivity index (χ2v) is 8.21. The smallest absolute Gasteiger partial charge is 0.243 e. The second kappa shape index (κ2) is 9.25. The Balaban J connectivity index is 1.63. The first-order valence-corrected chi connectivity index (χ1v) is 10.5. The summed E-state index contributed by atoms with van der Waals surface area (Å²) in [5.41, 5.74) is 0.425. The fourth-order valence-electron chi connectivity index (χ4n) is 2.89. The molecule has 29 heavy (non-hydrogen) atoms. The normalized spacial score (nSPS) is 15.0. The van der Waals surface area contributed by atoms with Crippen LogP contribution in [0.1, 0.15) is 10.4 Å². The molecule has 0 N–H and O–H groups in total. The van der Waals surface area contributed by atoms with Gasteiger partial charge in [-0.1, -0.05) is 0 Å². The minimum atomic E-state index is -3.56. The highest BCUT2D eigenvalue weighted by molar-refractivity contribution is 7.89. The van der Waals surface area contributed by atoms with Crippen molar-refractivity contribution in [3.05, 3.63) is 48.0 Å². The van der Waals surface area contributed by atoms with Crippen LogP contribution in [0.3, 0.4) is 0 Å². The van der Waals surface area contributed by atoms with Crippen LogP contribution in [0.4, 0.5) is 0 Å². The first-order valence-electron chi connectivity index (χ1n) is 9.01. The molecule has 1 fully saturated rings. The van der Waals surface area contributed by atoms with Crippen LogP contribution in [0.15, 0.2) is 47.4 Å². The molecule has 0 radical (unpaired) electrons. The number of carbonyl (C=O) groups is 1. The lowest BCUT2D eigenvalue weighted by Gasteiger charge is -2.26. The lowest BCUT2D eigenvalue weighted by atomic mass is 10.1. The molecule has 0 unspecified atom stereocenters. The van der Waals surface area contributed by atoms with Gasteiger partial charge in [0, 0.05) is 18.7 Å². The highest BCUT2D eigenvalue weighted by Crippen LogP contribution is 2.28. The van der Waals surface area contributed by atoms with Gasteiger partial charge in [0.25, 0.3) is 0 Å². The number of methoxy groups -OCH3 is 2. The van der Waals surface area contributed by atoms with Gasteiger partial charge in [-0.25, -0.2) is 8.42 Å². The maximum atomic E-state index is 12.6. The third-order valence-corrected chi connectivity index (χ3v) is 6.42. The number of carbonyl (C=O) groups excluding carboxylic acids is 1. The first kappa shape index (κ1) is 21.1. The topological polar surface area (TPSA) is 91.4 Å². The molecule has 0 bridgehead atoms. The van der Waals surface area contributed by atoms with Crippen molar-refractivity contribution >= 4 is 15.8 Å². The number of benzene rings is 2. The number of morpholine rings is 1. The predicted molar refractivity (Wildman–Crippen MR) is 105 cm³/mol. The van der Waals surface area contributed by atoms with Crippen molar-refractivity contribution in [2.45, 2.75) is 4.90 Å². The molecule has 0 spiro atoms. The zero-order valence-electron chi connectivity index (χ0n) is 16.3. The van der Waals surface area contributed by atoms with Crippen molar-refractivity contribution < 1.29 is 32.2 Å². The van der Waals surface area contributed by atoms with Gasteiger partial charge in [-0.05, 0) is 42.5 Å². The Labute approximate surface area is 170 Å². The van der Waals surface area contributed by atoms with Gasteiger partial charge in [-0.2, -0.15) is 4.31 Å².